The fourth-order valence-electron chi connectivity index (χ4n) is 6.16. The van der Waals surface area contributed by atoms with Crippen LogP contribution >= 0.6 is 0 Å². The minimum atomic E-state index is -1.75. The van der Waals surface area contributed by atoms with Gasteiger partial charge in [0.1, 0.15) is 0 Å². The molecular weight excluding hydrogens is 340 g/mol. The van der Waals surface area contributed by atoms with Crippen LogP contribution in [-0.2, 0) is 14.3 Å². The second-order valence-corrected chi connectivity index (χ2v) is 14.4. The van der Waals surface area contributed by atoms with Crippen LogP contribution in [0.5, 0.6) is 0 Å². The van der Waals surface area contributed by atoms with Gasteiger partial charge in [-0.3, -0.25) is 4.79 Å². The molecule has 0 aromatic rings. The number of hydrogen-bond donors (Lipinski definition) is 0. The molecule has 4 heteroatoms. The van der Waals surface area contributed by atoms with Crippen molar-refractivity contribution in [2.24, 2.45) is 11.8 Å². The molecule has 4 aliphatic carbocycles. The molecule has 2 fully saturated rings. The highest BCUT2D eigenvalue weighted by molar-refractivity contribution is 6.87. The molecule has 0 bridgehead atoms. The molecule has 0 radical (unpaired) electrons. The molecule has 0 unspecified atom stereocenters. The van der Waals surface area contributed by atoms with E-state index in [0.29, 0.717) is 11.7 Å². The normalized spacial score (nSPS) is 34.3. The number of Topliss-reactive ketones (excluding diaryl/α,β-unsaturated/α-hetero) is 1. The zero-order chi connectivity index (χ0) is 18.7. The van der Waals surface area contributed by atoms with Crippen LogP contribution in [-0.4, -0.2) is 33.7 Å². The van der Waals surface area contributed by atoms with E-state index in [1.54, 1.807) is 14.2 Å². The molecule has 0 spiro atoms. The molecule has 0 heterocycles. The Morgan fingerprint density at radius 1 is 1.12 bits per heavy atom. The highest BCUT2D eigenvalue weighted by Gasteiger charge is 2.59. The van der Waals surface area contributed by atoms with Crippen LogP contribution in [0.3, 0.4) is 0 Å². The smallest absolute Gasteiger partial charge is 0.191 e. The average Bonchev–Trinajstić information content (AvgIpc) is 3.08. The first kappa shape index (κ1) is 18.2. The van der Waals surface area contributed by atoms with Crippen LogP contribution in [0, 0.1) is 11.8 Å². The maximum atomic E-state index is 14.1. The Morgan fingerprint density at radius 2 is 1.85 bits per heavy atom. The van der Waals surface area contributed by atoms with Gasteiger partial charge in [-0.05, 0) is 72.4 Å². The summed E-state index contributed by atoms with van der Waals surface area (Å²) >= 11 is 0. The molecular formula is C22H32O3Si. The first-order chi connectivity index (χ1) is 12.3. The van der Waals surface area contributed by atoms with E-state index in [1.165, 1.54) is 28.3 Å². The topological polar surface area (TPSA) is 35.5 Å². The lowest BCUT2D eigenvalue weighted by Gasteiger charge is -2.52. The summed E-state index contributed by atoms with van der Waals surface area (Å²) in [5.41, 5.74) is 3.55. The number of ketones is 1. The van der Waals surface area contributed by atoms with E-state index in [4.69, 9.17) is 9.47 Å². The molecule has 4 rings (SSSR count). The molecule has 0 amide bonds. The lowest BCUT2D eigenvalue weighted by atomic mass is 9.58. The van der Waals surface area contributed by atoms with Crippen LogP contribution in [0.2, 0.25) is 19.6 Å². The molecule has 0 aromatic carbocycles. The Bertz CT molecular complexity index is 737. The molecule has 4 aliphatic rings. The van der Waals surface area contributed by atoms with Gasteiger partial charge in [-0.2, -0.15) is 0 Å². The van der Waals surface area contributed by atoms with E-state index >= 15 is 0 Å². The zero-order valence-electron chi connectivity index (χ0n) is 16.9. The Hall–Kier alpha value is -1.13. The number of carbonyl (C=O) groups is 1. The second kappa shape index (κ2) is 6.20. The summed E-state index contributed by atoms with van der Waals surface area (Å²) in [5.74, 6) is 2.14. The maximum Gasteiger partial charge on any atom is 0.191 e. The summed E-state index contributed by atoms with van der Waals surface area (Å²) in [6.07, 6.45) is 9.61. The fourth-order valence-corrected chi connectivity index (χ4v) is 8.21. The van der Waals surface area contributed by atoms with Crippen molar-refractivity contribution in [3.05, 3.63) is 33.8 Å². The maximum absolute atomic E-state index is 14.1. The standard InChI is InChI=1S/C22H32O3Si/c1-24-15-10-12-18-14(13-15)9-11-19-16-7-6-8-17(16)20(26(3,4)5)21(23)22(18,19)25-2/h10,14,18H,6-9,11-13H2,1-5H3/t14-,18-,22+/m0/s1. The Morgan fingerprint density at radius 3 is 2.50 bits per heavy atom. The summed E-state index contributed by atoms with van der Waals surface area (Å²) in [5, 5.41) is 1.18. The van der Waals surface area contributed by atoms with Crippen LogP contribution in [0.25, 0.3) is 0 Å². The molecule has 3 nitrogen and oxygen atoms in total. The van der Waals surface area contributed by atoms with Crippen LogP contribution in [0.4, 0.5) is 0 Å². The quantitative estimate of drug-likeness (QED) is 0.657. The Kier molecular flexibility index (Phi) is 4.35. The van der Waals surface area contributed by atoms with Gasteiger partial charge >= 0.3 is 0 Å². The molecule has 0 N–H and O–H groups in total. The third-order valence-electron chi connectivity index (χ3n) is 7.15. The van der Waals surface area contributed by atoms with Gasteiger partial charge in [0.2, 0.25) is 0 Å². The van der Waals surface area contributed by atoms with Gasteiger partial charge in [-0.15, -0.1) is 0 Å². The monoisotopic (exact) mass is 372 g/mol. The van der Waals surface area contributed by atoms with Crippen LogP contribution in [0.15, 0.2) is 33.8 Å². The number of allylic oxidation sites excluding steroid dienone is 4. The van der Waals surface area contributed by atoms with Crippen molar-refractivity contribution >= 4 is 13.9 Å². The summed E-state index contributed by atoms with van der Waals surface area (Å²) in [4.78, 5) is 14.1. The van der Waals surface area contributed by atoms with Gasteiger partial charge in [0.05, 0.1) is 20.9 Å². The number of rotatable bonds is 3. The molecule has 0 aromatic heterocycles. The Balaban J connectivity index is 1.90. The van der Waals surface area contributed by atoms with Gasteiger partial charge in [0, 0.05) is 19.4 Å². The summed E-state index contributed by atoms with van der Waals surface area (Å²) < 4.78 is 11.8. The van der Waals surface area contributed by atoms with Crippen molar-refractivity contribution in [3.8, 4) is 0 Å². The molecule has 0 aliphatic heterocycles. The molecule has 26 heavy (non-hydrogen) atoms. The van der Waals surface area contributed by atoms with E-state index in [-0.39, 0.29) is 5.92 Å². The largest absolute Gasteiger partial charge is 0.501 e. The summed E-state index contributed by atoms with van der Waals surface area (Å²) in [6.45, 7) is 6.96. The van der Waals surface area contributed by atoms with Crippen molar-refractivity contribution < 1.29 is 14.3 Å². The molecule has 3 atom stereocenters. The van der Waals surface area contributed by atoms with Crippen LogP contribution in [0.1, 0.15) is 44.9 Å². The molecule has 2 saturated carbocycles. The lowest BCUT2D eigenvalue weighted by Crippen LogP contribution is -2.59. The van der Waals surface area contributed by atoms with E-state index in [1.807, 2.05) is 0 Å². The molecule has 0 saturated heterocycles. The first-order valence-corrected chi connectivity index (χ1v) is 13.6. The van der Waals surface area contributed by atoms with Gasteiger partial charge < -0.3 is 9.47 Å². The minimum absolute atomic E-state index is 0.253. The van der Waals surface area contributed by atoms with E-state index < -0.39 is 13.7 Å². The highest BCUT2D eigenvalue weighted by atomic mass is 28.3. The average molecular weight is 373 g/mol. The van der Waals surface area contributed by atoms with Crippen molar-refractivity contribution in [2.75, 3.05) is 14.2 Å². The predicted octanol–water partition coefficient (Wildman–Crippen LogP) is 4.96. The fraction of sp³-hybridized carbons (Fsp3) is 0.682. The number of fused-ring (bicyclic) bond motifs is 4. The summed E-state index contributed by atoms with van der Waals surface area (Å²) in [6, 6.07) is 0. The van der Waals surface area contributed by atoms with Crippen molar-refractivity contribution in [1.82, 2.24) is 0 Å². The molecule has 142 valence electrons. The van der Waals surface area contributed by atoms with Gasteiger partial charge in [-0.25, -0.2) is 0 Å². The zero-order valence-corrected chi connectivity index (χ0v) is 17.9. The number of methoxy groups -OCH3 is 2. The highest BCUT2D eigenvalue weighted by Crippen LogP contribution is 2.57. The van der Waals surface area contributed by atoms with Crippen molar-refractivity contribution in [3.63, 3.8) is 0 Å². The number of ether oxygens (including phenoxy) is 2. The minimum Gasteiger partial charge on any atom is -0.501 e. The van der Waals surface area contributed by atoms with Crippen molar-refractivity contribution in [2.45, 2.75) is 70.2 Å². The first-order valence-electron chi connectivity index (χ1n) is 10.1. The van der Waals surface area contributed by atoms with Crippen molar-refractivity contribution in [1.29, 1.82) is 0 Å². The summed E-state index contributed by atoms with van der Waals surface area (Å²) in [7, 11) is 1.79. The van der Waals surface area contributed by atoms with Gasteiger partial charge in [0.15, 0.2) is 11.4 Å². The van der Waals surface area contributed by atoms with E-state index in [9.17, 15) is 4.79 Å². The SMILES string of the molecule is COC1=CC[C@H]2[C@@H](CCC3=C4CCCC4=C([Si](C)(C)C)C(=O)[C@]32OC)C1. The lowest BCUT2D eigenvalue weighted by molar-refractivity contribution is -0.145. The van der Waals surface area contributed by atoms with E-state index in [0.717, 1.165) is 44.3 Å². The number of hydrogen-bond acceptors (Lipinski definition) is 3. The van der Waals surface area contributed by atoms with Gasteiger partial charge in [-0.1, -0.05) is 19.6 Å². The number of carbonyl (C=O) groups excluding carboxylic acids is 1. The predicted molar refractivity (Wildman–Crippen MR) is 107 cm³/mol. The van der Waals surface area contributed by atoms with Crippen LogP contribution < -0.4 is 0 Å². The Labute approximate surface area is 158 Å². The van der Waals surface area contributed by atoms with Gasteiger partial charge in [0.25, 0.3) is 0 Å². The third kappa shape index (κ3) is 2.37. The van der Waals surface area contributed by atoms with E-state index in [2.05, 4.69) is 25.7 Å². The second-order valence-electron chi connectivity index (χ2n) is 9.40. The third-order valence-corrected chi connectivity index (χ3v) is 9.18.